The first kappa shape index (κ1) is 23.8. The Hall–Kier alpha value is -3.26. The summed E-state index contributed by atoms with van der Waals surface area (Å²) in [4.78, 5) is 14.3. The van der Waals surface area contributed by atoms with E-state index in [-0.39, 0.29) is 23.7 Å². The third kappa shape index (κ3) is 3.67. The van der Waals surface area contributed by atoms with Crippen LogP contribution < -0.4 is 15.5 Å². The zero-order valence-corrected chi connectivity index (χ0v) is 21.8. The zero-order valence-electron chi connectivity index (χ0n) is 21.8. The number of ether oxygens (including phenoxy) is 2. The second kappa shape index (κ2) is 9.19. The highest BCUT2D eigenvalue weighted by Crippen LogP contribution is 2.44. The van der Waals surface area contributed by atoms with Gasteiger partial charge in [-0.25, -0.2) is 9.97 Å². The Balaban J connectivity index is 1.17. The van der Waals surface area contributed by atoms with Gasteiger partial charge in [-0.3, -0.25) is 5.10 Å². The first-order valence-corrected chi connectivity index (χ1v) is 13.9. The largest absolute Gasteiger partial charge is 0.376 e. The van der Waals surface area contributed by atoms with Crippen molar-refractivity contribution in [3.05, 3.63) is 35.0 Å². The quantitative estimate of drug-likeness (QED) is 0.539. The standard InChI is InChI=1S/C28H34N8O2/c1-17-25(30)28(16-38-17)8-11-35(12-9-28)22-15-31-24-26(32-22)33-34-27(24)36-10-2-4-19-20(36)7-6-18(14-29)23(19)21-5-3-13-37-21/h6-7,15,17,21,25H,2-5,8-13,16,30H2,1H3,(H,32,33,34)/t17?,21-,25+/m0/s1. The second-order valence-corrected chi connectivity index (χ2v) is 11.3. The van der Waals surface area contributed by atoms with Crippen molar-refractivity contribution in [3.63, 3.8) is 0 Å². The maximum absolute atomic E-state index is 9.82. The van der Waals surface area contributed by atoms with Crippen LogP contribution in [0.2, 0.25) is 0 Å². The molecule has 3 saturated heterocycles. The van der Waals surface area contributed by atoms with E-state index in [4.69, 9.17) is 25.2 Å². The number of anilines is 3. The number of fused-ring (bicyclic) bond motifs is 2. The number of H-pyrrole nitrogens is 1. The lowest BCUT2D eigenvalue weighted by atomic mass is 9.73. The van der Waals surface area contributed by atoms with E-state index in [2.05, 4.69) is 39.1 Å². The molecule has 1 aromatic carbocycles. The molecular formula is C28H34N8O2. The van der Waals surface area contributed by atoms with E-state index in [1.165, 1.54) is 5.56 Å². The Labute approximate surface area is 222 Å². The first-order chi connectivity index (χ1) is 18.6. The average molecular weight is 515 g/mol. The first-order valence-electron chi connectivity index (χ1n) is 13.9. The van der Waals surface area contributed by atoms with Gasteiger partial charge in [0.25, 0.3) is 0 Å². The van der Waals surface area contributed by atoms with Gasteiger partial charge in [0.1, 0.15) is 5.82 Å². The number of benzene rings is 1. The van der Waals surface area contributed by atoms with Gasteiger partial charge >= 0.3 is 0 Å². The number of nitrogens with one attached hydrogen (secondary N) is 1. The SMILES string of the molecule is CC1OCC2(CCN(c3cnc4c(N5CCCc6c5ccc(C#N)c6[C@@H]5CCCO5)n[nH]c4n3)CC2)[C@@H]1N. The van der Waals surface area contributed by atoms with Crippen molar-refractivity contribution in [2.75, 3.05) is 42.6 Å². The van der Waals surface area contributed by atoms with E-state index in [9.17, 15) is 5.26 Å². The molecule has 10 nitrogen and oxygen atoms in total. The molecule has 1 spiro atoms. The summed E-state index contributed by atoms with van der Waals surface area (Å²) in [6.45, 7) is 6.19. The van der Waals surface area contributed by atoms with E-state index in [1.54, 1.807) is 0 Å². The molecule has 4 aliphatic heterocycles. The lowest BCUT2D eigenvalue weighted by molar-refractivity contribution is 0.0974. The molecule has 0 aliphatic carbocycles. The molecule has 3 aromatic rings. The number of aromatic amines is 1. The Bertz CT molecular complexity index is 1400. The third-order valence-corrected chi connectivity index (χ3v) is 9.23. The lowest BCUT2D eigenvalue weighted by Crippen LogP contribution is -2.50. The maximum Gasteiger partial charge on any atom is 0.183 e. The molecule has 6 heterocycles. The normalized spacial score (nSPS) is 26.7. The van der Waals surface area contributed by atoms with Crippen LogP contribution >= 0.6 is 0 Å². The van der Waals surface area contributed by atoms with Crippen LogP contribution in [-0.4, -0.2) is 65.2 Å². The van der Waals surface area contributed by atoms with Gasteiger partial charge in [-0.15, -0.1) is 0 Å². The van der Waals surface area contributed by atoms with Crippen molar-refractivity contribution in [1.29, 1.82) is 5.26 Å². The summed E-state index contributed by atoms with van der Waals surface area (Å²) < 4.78 is 11.9. The Morgan fingerprint density at radius 1 is 1.18 bits per heavy atom. The molecule has 1 unspecified atom stereocenters. The van der Waals surface area contributed by atoms with Gasteiger partial charge in [-0.05, 0) is 63.1 Å². The lowest BCUT2D eigenvalue weighted by Gasteiger charge is -2.41. The molecule has 3 atom stereocenters. The fourth-order valence-electron chi connectivity index (χ4n) is 6.97. The molecule has 3 fully saturated rings. The Morgan fingerprint density at radius 3 is 2.79 bits per heavy atom. The van der Waals surface area contributed by atoms with Gasteiger partial charge in [0.2, 0.25) is 0 Å². The minimum Gasteiger partial charge on any atom is -0.376 e. The molecule has 198 valence electrons. The summed E-state index contributed by atoms with van der Waals surface area (Å²) in [5, 5.41) is 17.6. The van der Waals surface area contributed by atoms with Crippen LogP contribution in [0.4, 0.5) is 17.3 Å². The van der Waals surface area contributed by atoms with Gasteiger partial charge in [0, 0.05) is 48.9 Å². The topological polar surface area (TPSA) is 129 Å². The summed E-state index contributed by atoms with van der Waals surface area (Å²) in [6, 6.07) is 6.47. The van der Waals surface area contributed by atoms with Gasteiger partial charge in [0.05, 0.1) is 36.6 Å². The van der Waals surface area contributed by atoms with E-state index < -0.39 is 0 Å². The molecule has 10 heteroatoms. The number of nitrogens with zero attached hydrogens (tertiary/aromatic N) is 6. The fraction of sp³-hybridized carbons (Fsp3) is 0.571. The molecular weight excluding hydrogens is 480 g/mol. The van der Waals surface area contributed by atoms with Crippen LogP contribution in [0.15, 0.2) is 18.3 Å². The van der Waals surface area contributed by atoms with E-state index in [1.807, 2.05) is 12.3 Å². The number of rotatable bonds is 3. The summed E-state index contributed by atoms with van der Waals surface area (Å²) in [5.74, 6) is 1.64. The van der Waals surface area contributed by atoms with Gasteiger partial charge in [0.15, 0.2) is 17.0 Å². The fourth-order valence-corrected chi connectivity index (χ4v) is 6.97. The van der Waals surface area contributed by atoms with Crippen molar-refractivity contribution in [3.8, 4) is 6.07 Å². The predicted octanol–water partition coefficient (Wildman–Crippen LogP) is 3.49. The van der Waals surface area contributed by atoms with Gasteiger partial charge in [-0.2, -0.15) is 10.4 Å². The van der Waals surface area contributed by atoms with Crippen LogP contribution in [0.3, 0.4) is 0 Å². The average Bonchev–Trinajstić information content (AvgIpc) is 3.70. The van der Waals surface area contributed by atoms with E-state index >= 15 is 0 Å². The summed E-state index contributed by atoms with van der Waals surface area (Å²) in [6.07, 6.45) is 7.87. The van der Waals surface area contributed by atoms with Crippen molar-refractivity contribution in [1.82, 2.24) is 20.2 Å². The van der Waals surface area contributed by atoms with Crippen molar-refractivity contribution in [2.24, 2.45) is 11.1 Å². The highest BCUT2D eigenvalue weighted by molar-refractivity contribution is 5.88. The smallest absolute Gasteiger partial charge is 0.183 e. The van der Waals surface area contributed by atoms with Gasteiger partial charge in [-0.1, -0.05) is 0 Å². The van der Waals surface area contributed by atoms with Crippen LogP contribution in [0.1, 0.15) is 61.8 Å². The maximum atomic E-state index is 9.82. The molecule has 0 amide bonds. The van der Waals surface area contributed by atoms with Crippen LogP contribution in [0.25, 0.3) is 11.2 Å². The van der Waals surface area contributed by atoms with Crippen molar-refractivity contribution in [2.45, 2.75) is 63.7 Å². The molecule has 7 rings (SSSR count). The number of piperidine rings is 1. The minimum atomic E-state index is -0.00457. The number of nitrogens with two attached hydrogens (primary N) is 1. The molecule has 38 heavy (non-hydrogen) atoms. The van der Waals surface area contributed by atoms with Crippen LogP contribution in [0.5, 0.6) is 0 Å². The van der Waals surface area contributed by atoms with E-state index in [0.717, 1.165) is 105 Å². The monoisotopic (exact) mass is 514 g/mol. The third-order valence-electron chi connectivity index (χ3n) is 9.23. The Morgan fingerprint density at radius 2 is 2.05 bits per heavy atom. The summed E-state index contributed by atoms with van der Waals surface area (Å²) in [7, 11) is 0. The molecule has 0 bridgehead atoms. The van der Waals surface area contributed by atoms with E-state index in [0.29, 0.717) is 5.65 Å². The molecule has 0 radical (unpaired) electrons. The second-order valence-electron chi connectivity index (χ2n) is 11.3. The Kier molecular flexibility index (Phi) is 5.76. The van der Waals surface area contributed by atoms with Crippen LogP contribution in [-0.2, 0) is 15.9 Å². The van der Waals surface area contributed by atoms with Gasteiger partial charge < -0.3 is 25.0 Å². The predicted molar refractivity (Wildman–Crippen MR) is 143 cm³/mol. The zero-order chi connectivity index (χ0) is 25.9. The molecule has 2 aromatic heterocycles. The van der Waals surface area contributed by atoms with Crippen molar-refractivity contribution >= 4 is 28.5 Å². The highest BCUT2D eigenvalue weighted by atomic mass is 16.5. The number of hydrogen-bond donors (Lipinski definition) is 2. The minimum absolute atomic E-state index is 0.00457. The van der Waals surface area contributed by atoms with Crippen molar-refractivity contribution < 1.29 is 9.47 Å². The number of nitriles is 1. The molecule has 0 saturated carbocycles. The number of aromatic nitrogens is 4. The molecule has 3 N–H and O–H groups in total. The summed E-state index contributed by atoms with van der Waals surface area (Å²) >= 11 is 0. The van der Waals surface area contributed by atoms with Crippen LogP contribution in [0, 0.1) is 16.7 Å². The molecule has 4 aliphatic rings. The number of hydrogen-bond acceptors (Lipinski definition) is 9. The highest BCUT2D eigenvalue weighted by Gasteiger charge is 2.47. The summed E-state index contributed by atoms with van der Waals surface area (Å²) in [5.41, 5.74) is 12.1.